The molecule has 0 radical (unpaired) electrons. The number of sulfonamides is 1. The van der Waals surface area contributed by atoms with E-state index in [9.17, 15) is 8.42 Å². The summed E-state index contributed by atoms with van der Waals surface area (Å²) in [7, 11) is -3.26. The van der Waals surface area contributed by atoms with Crippen LogP contribution in [0.3, 0.4) is 0 Å². The fourth-order valence-corrected chi connectivity index (χ4v) is 3.92. The molecule has 1 aromatic carbocycles. The van der Waals surface area contributed by atoms with E-state index in [2.05, 4.69) is 0 Å². The quantitative estimate of drug-likeness (QED) is 0.874. The summed E-state index contributed by atoms with van der Waals surface area (Å²) in [5.41, 5.74) is 7.74. The Balaban J connectivity index is 2.23. The van der Waals surface area contributed by atoms with Gasteiger partial charge in [0.05, 0.1) is 5.25 Å². The van der Waals surface area contributed by atoms with Gasteiger partial charge in [-0.1, -0.05) is 31.2 Å². The van der Waals surface area contributed by atoms with Gasteiger partial charge in [0.2, 0.25) is 10.0 Å². The van der Waals surface area contributed by atoms with Crippen molar-refractivity contribution < 1.29 is 8.42 Å². The van der Waals surface area contributed by atoms with Crippen molar-refractivity contribution in [2.24, 2.45) is 5.73 Å². The first kappa shape index (κ1) is 12.5. The second kappa shape index (κ2) is 4.76. The molecular formula is C12H18N2O2S. The molecule has 0 spiro atoms. The van der Waals surface area contributed by atoms with E-state index in [0.717, 1.165) is 11.1 Å². The second-order valence-corrected chi connectivity index (χ2v) is 6.56. The Bertz CT molecular complexity index is 470. The topological polar surface area (TPSA) is 63.4 Å². The highest BCUT2D eigenvalue weighted by Gasteiger charge is 2.33. The maximum Gasteiger partial charge on any atom is 0.218 e. The Morgan fingerprint density at radius 3 is 2.24 bits per heavy atom. The maximum absolute atomic E-state index is 12.3. The highest BCUT2D eigenvalue weighted by atomic mass is 32.2. The third-order valence-electron chi connectivity index (χ3n) is 3.31. The van der Waals surface area contributed by atoms with Crippen molar-refractivity contribution in [3.05, 3.63) is 35.4 Å². The smallest absolute Gasteiger partial charge is 0.218 e. The second-order valence-electron chi connectivity index (χ2n) is 4.35. The maximum atomic E-state index is 12.3. The summed E-state index contributed by atoms with van der Waals surface area (Å²) in [4.78, 5) is 0. The van der Waals surface area contributed by atoms with E-state index in [-0.39, 0.29) is 6.54 Å². The van der Waals surface area contributed by atoms with Crippen LogP contribution in [0.2, 0.25) is 0 Å². The Hall–Kier alpha value is -0.910. The monoisotopic (exact) mass is 254 g/mol. The lowest BCUT2D eigenvalue weighted by Gasteiger charge is -2.21. The van der Waals surface area contributed by atoms with Gasteiger partial charge in [0.25, 0.3) is 0 Å². The molecule has 0 bridgehead atoms. The number of hydrogen-bond donors (Lipinski definition) is 1. The van der Waals surface area contributed by atoms with Crippen LogP contribution in [0.4, 0.5) is 0 Å². The molecule has 4 nitrogen and oxygen atoms in total. The Morgan fingerprint density at radius 1 is 1.29 bits per heavy atom. The molecular weight excluding hydrogens is 236 g/mol. The van der Waals surface area contributed by atoms with Gasteiger partial charge in [0.1, 0.15) is 0 Å². The predicted molar refractivity (Wildman–Crippen MR) is 67.7 cm³/mol. The minimum atomic E-state index is -3.26. The predicted octanol–water partition coefficient (Wildman–Crippen LogP) is 1.07. The van der Waals surface area contributed by atoms with Gasteiger partial charge in [-0.2, -0.15) is 4.31 Å². The van der Waals surface area contributed by atoms with E-state index < -0.39 is 15.3 Å². The lowest BCUT2D eigenvalue weighted by molar-refractivity contribution is 0.420. The van der Waals surface area contributed by atoms with Gasteiger partial charge in [-0.3, -0.25) is 0 Å². The number of fused-ring (bicyclic) bond motifs is 1. The average Bonchev–Trinajstić information content (AvgIpc) is 2.74. The van der Waals surface area contributed by atoms with E-state index in [0.29, 0.717) is 19.5 Å². The molecule has 1 aliphatic rings. The summed E-state index contributed by atoms with van der Waals surface area (Å²) in [5.74, 6) is 0. The molecule has 2 rings (SSSR count). The van der Waals surface area contributed by atoms with Crippen LogP contribution in [0.25, 0.3) is 0 Å². The van der Waals surface area contributed by atoms with Crippen LogP contribution >= 0.6 is 0 Å². The zero-order chi connectivity index (χ0) is 12.5. The minimum absolute atomic E-state index is 0.186. The van der Waals surface area contributed by atoms with Gasteiger partial charge in [-0.25, -0.2) is 8.42 Å². The number of rotatable bonds is 4. The molecule has 2 N–H and O–H groups in total. The van der Waals surface area contributed by atoms with Crippen LogP contribution in [-0.2, 0) is 23.1 Å². The van der Waals surface area contributed by atoms with Crippen molar-refractivity contribution in [1.82, 2.24) is 4.31 Å². The Labute approximate surface area is 102 Å². The van der Waals surface area contributed by atoms with Crippen molar-refractivity contribution >= 4 is 10.0 Å². The molecule has 0 aromatic heterocycles. The van der Waals surface area contributed by atoms with E-state index >= 15 is 0 Å². The van der Waals surface area contributed by atoms with Crippen LogP contribution in [0.15, 0.2) is 24.3 Å². The Kier molecular flexibility index (Phi) is 3.51. The fraction of sp³-hybridized carbons (Fsp3) is 0.500. The van der Waals surface area contributed by atoms with E-state index in [1.165, 1.54) is 0 Å². The largest absolute Gasteiger partial charge is 0.329 e. The molecule has 17 heavy (non-hydrogen) atoms. The van der Waals surface area contributed by atoms with Crippen molar-refractivity contribution in [2.45, 2.75) is 31.7 Å². The summed E-state index contributed by atoms with van der Waals surface area (Å²) in [5, 5.41) is -0.461. The van der Waals surface area contributed by atoms with Crippen LogP contribution in [0.1, 0.15) is 24.5 Å². The van der Waals surface area contributed by atoms with Gasteiger partial charge in [-0.15, -0.1) is 0 Å². The lowest BCUT2D eigenvalue weighted by atomic mass is 10.1. The van der Waals surface area contributed by atoms with E-state index in [4.69, 9.17) is 5.73 Å². The zero-order valence-corrected chi connectivity index (χ0v) is 10.8. The van der Waals surface area contributed by atoms with Crippen LogP contribution in [-0.4, -0.2) is 24.5 Å². The van der Waals surface area contributed by atoms with E-state index in [1.54, 1.807) is 4.31 Å². The van der Waals surface area contributed by atoms with Crippen molar-refractivity contribution in [3.63, 3.8) is 0 Å². The molecule has 1 unspecified atom stereocenters. The van der Waals surface area contributed by atoms with Crippen LogP contribution in [0.5, 0.6) is 0 Å². The summed E-state index contributed by atoms with van der Waals surface area (Å²) in [6.45, 7) is 3.01. The molecule has 1 atom stereocenters. The summed E-state index contributed by atoms with van der Waals surface area (Å²) in [6, 6.07) is 7.84. The van der Waals surface area contributed by atoms with Gasteiger partial charge >= 0.3 is 0 Å². The molecule has 1 aliphatic heterocycles. The van der Waals surface area contributed by atoms with E-state index in [1.807, 2.05) is 31.2 Å². The van der Waals surface area contributed by atoms with Crippen molar-refractivity contribution in [3.8, 4) is 0 Å². The molecule has 0 fully saturated rings. The molecule has 0 aliphatic carbocycles. The van der Waals surface area contributed by atoms with Crippen LogP contribution in [0, 0.1) is 0 Å². The highest BCUT2D eigenvalue weighted by molar-refractivity contribution is 7.89. The SMILES string of the molecule is CCC(CN)S(=O)(=O)N1Cc2ccccc2C1. The zero-order valence-electron chi connectivity index (χ0n) is 9.96. The molecule has 1 aromatic rings. The molecule has 94 valence electrons. The summed E-state index contributed by atoms with van der Waals surface area (Å²) in [6.07, 6.45) is 0.561. The first-order chi connectivity index (χ1) is 8.09. The average molecular weight is 254 g/mol. The van der Waals surface area contributed by atoms with Gasteiger partial charge in [-0.05, 0) is 17.5 Å². The number of hydrogen-bond acceptors (Lipinski definition) is 3. The van der Waals surface area contributed by atoms with Crippen LogP contribution < -0.4 is 5.73 Å². The third kappa shape index (κ3) is 2.22. The van der Waals surface area contributed by atoms with Crippen molar-refractivity contribution in [1.29, 1.82) is 0 Å². The molecule has 1 heterocycles. The first-order valence-electron chi connectivity index (χ1n) is 5.85. The molecule has 0 saturated heterocycles. The van der Waals surface area contributed by atoms with Gasteiger partial charge in [0, 0.05) is 19.6 Å². The summed E-state index contributed by atoms with van der Waals surface area (Å²) >= 11 is 0. The first-order valence-corrected chi connectivity index (χ1v) is 7.35. The number of benzene rings is 1. The highest BCUT2D eigenvalue weighted by Crippen LogP contribution is 2.27. The lowest BCUT2D eigenvalue weighted by Crippen LogP contribution is -2.39. The standard InChI is InChI=1S/C12H18N2O2S/c1-2-12(7-13)17(15,16)14-8-10-5-3-4-6-11(10)9-14/h3-6,12H,2,7-9,13H2,1H3. The van der Waals surface area contributed by atoms with Crippen molar-refractivity contribution in [2.75, 3.05) is 6.54 Å². The molecule has 0 amide bonds. The Morgan fingerprint density at radius 2 is 1.82 bits per heavy atom. The van der Waals surface area contributed by atoms with Gasteiger partial charge < -0.3 is 5.73 Å². The van der Waals surface area contributed by atoms with Gasteiger partial charge in [0.15, 0.2) is 0 Å². The molecule has 5 heteroatoms. The number of nitrogens with zero attached hydrogens (tertiary/aromatic N) is 1. The third-order valence-corrected chi connectivity index (χ3v) is 5.66. The number of nitrogens with two attached hydrogens (primary N) is 1. The summed E-state index contributed by atoms with van der Waals surface area (Å²) < 4.78 is 26.2. The normalized spacial score (nSPS) is 18.0. The fourth-order valence-electron chi connectivity index (χ4n) is 2.19. The molecule has 0 saturated carbocycles. The minimum Gasteiger partial charge on any atom is -0.329 e.